The van der Waals surface area contributed by atoms with Crippen LogP contribution < -0.4 is 0 Å². The first-order valence-corrected chi connectivity index (χ1v) is 4.66. The Morgan fingerprint density at radius 2 is 2.00 bits per heavy atom. The highest BCUT2D eigenvalue weighted by atomic mass is 19.1. The van der Waals surface area contributed by atoms with E-state index in [0.717, 1.165) is 6.07 Å². The first kappa shape index (κ1) is 12.2. The van der Waals surface area contributed by atoms with Gasteiger partial charge in [-0.05, 0) is 26.0 Å². The average Bonchev–Trinajstić information content (AvgIpc) is 2.15. The maximum absolute atomic E-state index is 13.2. The number of rotatable bonds is 3. The number of carboxylic acids is 1. The van der Waals surface area contributed by atoms with E-state index in [9.17, 15) is 14.0 Å². The molecule has 0 aromatic heterocycles. The number of aromatic carboxylic acids is 1. The molecule has 1 rings (SSSR count). The number of hydrogen-bond acceptors (Lipinski definition) is 3. The van der Waals surface area contributed by atoms with E-state index in [1.807, 2.05) is 0 Å². The van der Waals surface area contributed by atoms with E-state index in [4.69, 9.17) is 9.84 Å². The summed E-state index contributed by atoms with van der Waals surface area (Å²) in [5.41, 5.74) is -0.936. The van der Waals surface area contributed by atoms with E-state index >= 15 is 0 Å². The van der Waals surface area contributed by atoms with Gasteiger partial charge in [0.1, 0.15) is 11.4 Å². The number of benzene rings is 1. The van der Waals surface area contributed by atoms with Crippen molar-refractivity contribution in [3.63, 3.8) is 0 Å². The topological polar surface area (TPSA) is 63.6 Å². The van der Waals surface area contributed by atoms with Crippen LogP contribution in [0.25, 0.3) is 0 Å². The second-order valence-electron chi connectivity index (χ2n) is 3.42. The summed E-state index contributed by atoms with van der Waals surface area (Å²) in [6.45, 7) is 3.25. The van der Waals surface area contributed by atoms with Crippen molar-refractivity contribution >= 4 is 11.9 Å². The molecule has 0 aliphatic carbocycles. The smallest absolute Gasteiger partial charge is 0.339 e. The van der Waals surface area contributed by atoms with Crippen molar-refractivity contribution in [3.05, 3.63) is 35.1 Å². The number of esters is 1. The van der Waals surface area contributed by atoms with Crippen molar-refractivity contribution in [2.24, 2.45) is 0 Å². The van der Waals surface area contributed by atoms with E-state index in [2.05, 4.69) is 0 Å². The van der Waals surface area contributed by atoms with Crippen LogP contribution in [0.4, 0.5) is 4.39 Å². The van der Waals surface area contributed by atoms with Gasteiger partial charge in [-0.3, -0.25) is 0 Å². The quantitative estimate of drug-likeness (QED) is 0.801. The Balaban J connectivity index is 3.18. The number of halogens is 1. The molecule has 0 heterocycles. The van der Waals surface area contributed by atoms with E-state index in [1.165, 1.54) is 12.1 Å². The predicted octanol–water partition coefficient (Wildman–Crippen LogP) is 2.09. The first-order chi connectivity index (χ1) is 7.43. The lowest BCUT2D eigenvalue weighted by Gasteiger charge is -2.09. The highest BCUT2D eigenvalue weighted by molar-refractivity contribution is 6.02. The number of hydrogen-bond donors (Lipinski definition) is 1. The molecule has 0 saturated heterocycles. The highest BCUT2D eigenvalue weighted by Gasteiger charge is 2.22. The van der Waals surface area contributed by atoms with Crippen molar-refractivity contribution in [3.8, 4) is 0 Å². The molecule has 0 bridgehead atoms. The fourth-order valence-electron chi connectivity index (χ4n) is 1.19. The van der Waals surface area contributed by atoms with Crippen LogP contribution in [0.15, 0.2) is 18.2 Å². The fourth-order valence-corrected chi connectivity index (χ4v) is 1.19. The molecule has 0 radical (unpaired) electrons. The van der Waals surface area contributed by atoms with Crippen LogP contribution in [0.5, 0.6) is 0 Å². The third-order valence-electron chi connectivity index (χ3n) is 1.79. The van der Waals surface area contributed by atoms with Gasteiger partial charge in [-0.1, -0.05) is 6.07 Å². The summed E-state index contributed by atoms with van der Waals surface area (Å²) in [4.78, 5) is 22.3. The summed E-state index contributed by atoms with van der Waals surface area (Å²) in [5, 5.41) is 8.78. The Labute approximate surface area is 91.7 Å². The first-order valence-electron chi connectivity index (χ1n) is 4.66. The summed E-state index contributed by atoms with van der Waals surface area (Å²) in [6, 6.07) is 3.46. The van der Waals surface area contributed by atoms with Gasteiger partial charge < -0.3 is 9.84 Å². The molecule has 1 aromatic rings. The molecule has 0 atom stereocenters. The molecule has 0 unspecified atom stereocenters. The van der Waals surface area contributed by atoms with Crippen molar-refractivity contribution in [1.82, 2.24) is 0 Å². The molecule has 5 heteroatoms. The number of ether oxygens (including phenoxy) is 1. The van der Waals surface area contributed by atoms with Gasteiger partial charge in [-0.2, -0.15) is 0 Å². The number of carbonyl (C=O) groups is 2. The normalized spacial score (nSPS) is 10.2. The van der Waals surface area contributed by atoms with Crippen LogP contribution >= 0.6 is 0 Å². The SMILES string of the molecule is CC(C)OC(=O)c1cccc(F)c1C(=O)O. The molecule has 16 heavy (non-hydrogen) atoms. The summed E-state index contributed by atoms with van der Waals surface area (Å²) in [5.74, 6) is -3.29. The minimum Gasteiger partial charge on any atom is -0.478 e. The van der Waals surface area contributed by atoms with Crippen LogP contribution in [0.1, 0.15) is 34.6 Å². The van der Waals surface area contributed by atoms with Crippen molar-refractivity contribution in [2.75, 3.05) is 0 Å². The number of carbonyl (C=O) groups excluding carboxylic acids is 1. The molecular formula is C11H11FO4. The lowest BCUT2D eigenvalue weighted by molar-refractivity contribution is 0.0370. The van der Waals surface area contributed by atoms with Crippen LogP contribution in [-0.2, 0) is 4.74 Å². The van der Waals surface area contributed by atoms with Gasteiger partial charge >= 0.3 is 11.9 Å². The third-order valence-corrected chi connectivity index (χ3v) is 1.79. The average molecular weight is 226 g/mol. The van der Waals surface area contributed by atoms with Gasteiger partial charge in [0.2, 0.25) is 0 Å². The van der Waals surface area contributed by atoms with Gasteiger partial charge in [0.05, 0.1) is 11.7 Å². The second-order valence-corrected chi connectivity index (χ2v) is 3.42. The van der Waals surface area contributed by atoms with Crippen LogP contribution in [-0.4, -0.2) is 23.1 Å². The molecule has 0 aliphatic rings. The van der Waals surface area contributed by atoms with Crippen molar-refractivity contribution < 1.29 is 23.8 Å². The van der Waals surface area contributed by atoms with Gasteiger partial charge in [0, 0.05) is 0 Å². The van der Waals surface area contributed by atoms with Gasteiger partial charge in [0.25, 0.3) is 0 Å². The zero-order valence-electron chi connectivity index (χ0n) is 8.86. The zero-order valence-corrected chi connectivity index (χ0v) is 8.86. The number of carboxylic acid groups (broad SMARTS) is 1. The summed E-state index contributed by atoms with van der Waals surface area (Å²) < 4.78 is 18.0. The molecule has 86 valence electrons. The standard InChI is InChI=1S/C11H11FO4/c1-6(2)16-11(15)7-4-3-5-8(12)9(7)10(13)14/h3-6H,1-2H3,(H,13,14). The van der Waals surface area contributed by atoms with Gasteiger partial charge in [-0.25, -0.2) is 14.0 Å². The van der Waals surface area contributed by atoms with Crippen molar-refractivity contribution in [2.45, 2.75) is 20.0 Å². The maximum Gasteiger partial charge on any atom is 0.339 e. The molecule has 1 N–H and O–H groups in total. The van der Waals surface area contributed by atoms with Crippen LogP contribution in [0.2, 0.25) is 0 Å². The molecule has 0 aliphatic heterocycles. The monoisotopic (exact) mass is 226 g/mol. The van der Waals surface area contributed by atoms with E-state index in [1.54, 1.807) is 13.8 Å². The lowest BCUT2D eigenvalue weighted by atomic mass is 10.1. The Morgan fingerprint density at radius 1 is 1.38 bits per heavy atom. The van der Waals surface area contributed by atoms with E-state index in [0.29, 0.717) is 0 Å². The molecule has 0 fully saturated rings. The van der Waals surface area contributed by atoms with Crippen LogP contribution in [0, 0.1) is 5.82 Å². The van der Waals surface area contributed by atoms with Gasteiger partial charge in [0.15, 0.2) is 0 Å². The molecular weight excluding hydrogens is 215 g/mol. The minimum atomic E-state index is -1.49. The summed E-state index contributed by atoms with van der Waals surface area (Å²) >= 11 is 0. The Bertz CT molecular complexity index is 426. The van der Waals surface area contributed by atoms with E-state index < -0.39 is 29.4 Å². The summed E-state index contributed by atoms with van der Waals surface area (Å²) in [6.07, 6.45) is -0.391. The Kier molecular flexibility index (Phi) is 3.60. The predicted molar refractivity (Wildman–Crippen MR) is 53.9 cm³/mol. The van der Waals surface area contributed by atoms with Crippen molar-refractivity contribution in [1.29, 1.82) is 0 Å². The van der Waals surface area contributed by atoms with Gasteiger partial charge in [-0.15, -0.1) is 0 Å². The van der Waals surface area contributed by atoms with Crippen LogP contribution in [0.3, 0.4) is 0 Å². The molecule has 4 nitrogen and oxygen atoms in total. The Morgan fingerprint density at radius 3 is 2.50 bits per heavy atom. The third kappa shape index (κ3) is 2.56. The summed E-state index contributed by atoms with van der Waals surface area (Å²) in [7, 11) is 0. The second kappa shape index (κ2) is 4.74. The molecule has 1 aromatic carbocycles. The molecule has 0 amide bonds. The molecule has 0 spiro atoms. The lowest BCUT2D eigenvalue weighted by Crippen LogP contribution is -2.16. The fraction of sp³-hybridized carbons (Fsp3) is 0.273. The highest BCUT2D eigenvalue weighted by Crippen LogP contribution is 2.15. The van der Waals surface area contributed by atoms with E-state index in [-0.39, 0.29) is 5.56 Å². The minimum absolute atomic E-state index is 0.277. The Hall–Kier alpha value is -1.91. The largest absolute Gasteiger partial charge is 0.478 e. The molecule has 0 saturated carbocycles. The maximum atomic E-state index is 13.2. The zero-order chi connectivity index (χ0) is 12.3.